The summed E-state index contributed by atoms with van der Waals surface area (Å²) in [5, 5.41) is 3.49. The Kier molecular flexibility index (Phi) is 5.32. The molecule has 0 bridgehead atoms. The molecule has 1 N–H and O–H groups in total. The molecule has 2 rings (SSSR count). The summed E-state index contributed by atoms with van der Waals surface area (Å²) in [6.07, 6.45) is 3.17. The molecule has 1 fully saturated rings. The molecule has 1 unspecified atom stereocenters. The lowest BCUT2D eigenvalue weighted by atomic mass is 10.1. The fourth-order valence-electron chi connectivity index (χ4n) is 2.39. The van der Waals surface area contributed by atoms with Crippen LogP contribution in [0.2, 0.25) is 0 Å². The summed E-state index contributed by atoms with van der Waals surface area (Å²) < 4.78 is 0. The fraction of sp³-hybridized carbons (Fsp3) is 0.643. The van der Waals surface area contributed by atoms with Crippen LogP contribution in [0.1, 0.15) is 31.9 Å². The van der Waals surface area contributed by atoms with Crippen molar-refractivity contribution in [1.82, 2.24) is 10.3 Å². The minimum atomic E-state index is 0.370. The van der Waals surface area contributed by atoms with Gasteiger partial charge in [0.25, 0.3) is 0 Å². The lowest BCUT2D eigenvalue weighted by Crippen LogP contribution is -2.29. The number of rotatable bonds is 4. The Bertz CT molecular complexity index is 362. The summed E-state index contributed by atoms with van der Waals surface area (Å²) in [6, 6.07) is 4.61. The van der Waals surface area contributed by atoms with Crippen LogP contribution >= 0.6 is 11.8 Å². The number of hydrogen-bond donors (Lipinski definition) is 1. The summed E-state index contributed by atoms with van der Waals surface area (Å²) in [5.74, 6) is 3.67. The average molecular weight is 265 g/mol. The highest BCUT2D eigenvalue weighted by Gasteiger charge is 2.17. The third-order valence-corrected chi connectivity index (χ3v) is 4.36. The van der Waals surface area contributed by atoms with Crippen molar-refractivity contribution in [3.8, 4) is 0 Å². The quantitative estimate of drug-likeness (QED) is 0.906. The second kappa shape index (κ2) is 7.00. The molecule has 0 aromatic carbocycles. The topological polar surface area (TPSA) is 28.2 Å². The van der Waals surface area contributed by atoms with Gasteiger partial charge < -0.3 is 10.2 Å². The maximum Gasteiger partial charge on any atom is 0.133 e. The van der Waals surface area contributed by atoms with Crippen LogP contribution in [0.4, 0.5) is 5.82 Å². The molecule has 4 heteroatoms. The number of pyridine rings is 1. The normalized spacial score (nSPS) is 18.4. The number of aromatic nitrogens is 1. The SMILES string of the molecule is CCNC(C)c1cccnc1N1CCCSCC1. The minimum absolute atomic E-state index is 0.370. The van der Waals surface area contributed by atoms with E-state index in [2.05, 4.69) is 46.9 Å². The van der Waals surface area contributed by atoms with Crippen molar-refractivity contribution in [2.24, 2.45) is 0 Å². The number of anilines is 1. The Morgan fingerprint density at radius 1 is 1.44 bits per heavy atom. The molecule has 0 aliphatic carbocycles. The van der Waals surface area contributed by atoms with Crippen LogP contribution in [-0.4, -0.2) is 36.1 Å². The Hall–Kier alpha value is -0.740. The van der Waals surface area contributed by atoms with Gasteiger partial charge in [-0.15, -0.1) is 0 Å². The van der Waals surface area contributed by atoms with Crippen molar-refractivity contribution in [2.45, 2.75) is 26.3 Å². The van der Waals surface area contributed by atoms with Crippen LogP contribution in [-0.2, 0) is 0 Å². The molecule has 0 spiro atoms. The molecule has 1 atom stereocenters. The fourth-order valence-corrected chi connectivity index (χ4v) is 3.27. The Balaban J connectivity index is 2.19. The molecular weight excluding hydrogens is 242 g/mol. The van der Waals surface area contributed by atoms with E-state index in [9.17, 15) is 0 Å². The molecule has 2 heterocycles. The van der Waals surface area contributed by atoms with Crippen molar-refractivity contribution in [1.29, 1.82) is 0 Å². The van der Waals surface area contributed by atoms with Crippen LogP contribution in [0.5, 0.6) is 0 Å². The van der Waals surface area contributed by atoms with Gasteiger partial charge in [0, 0.05) is 36.6 Å². The molecule has 0 amide bonds. The molecule has 1 saturated heterocycles. The van der Waals surface area contributed by atoms with E-state index in [1.165, 1.54) is 29.3 Å². The van der Waals surface area contributed by atoms with Gasteiger partial charge in [0.15, 0.2) is 0 Å². The largest absolute Gasteiger partial charge is 0.355 e. The number of hydrogen-bond acceptors (Lipinski definition) is 4. The maximum absolute atomic E-state index is 4.62. The molecular formula is C14H23N3S. The first-order valence-electron chi connectivity index (χ1n) is 6.84. The van der Waals surface area contributed by atoms with E-state index in [4.69, 9.17) is 0 Å². The zero-order chi connectivity index (χ0) is 12.8. The van der Waals surface area contributed by atoms with Crippen molar-refractivity contribution in [3.63, 3.8) is 0 Å². The first-order valence-corrected chi connectivity index (χ1v) is 7.99. The van der Waals surface area contributed by atoms with Gasteiger partial charge >= 0.3 is 0 Å². The summed E-state index contributed by atoms with van der Waals surface area (Å²) in [7, 11) is 0. The van der Waals surface area contributed by atoms with Crippen molar-refractivity contribution in [3.05, 3.63) is 23.9 Å². The summed E-state index contributed by atoms with van der Waals surface area (Å²) in [6.45, 7) is 7.61. The molecule has 0 radical (unpaired) electrons. The predicted octanol–water partition coefficient (Wildman–Crippen LogP) is 2.70. The standard InChI is InChI=1S/C14H23N3S/c1-3-15-12(2)13-6-4-7-16-14(13)17-8-5-10-18-11-9-17/h4,6-7,12,15H,3,5,8-11H2,1-2H3. The molecule has 3 nitrogen and oxygen atoms in total. The van der Waals surface area contributed by atoms with Crippen LogP contribution in [0.25, 0.3) is 0 Å². The summed E-state index contributed by atoms with van der Waals surface area (Å²) >= 11 is 2.05. The average Bonchev–Trinajstić information content (AvgIpc) is 2.68. The van der Waals surface area contributed by atoms with Crippen LogP contribution < -0.4 is 10.2 Å². The smallest absolute Gasteiger partial charge is 0.133 e. The lowest BCUT2D eigenvalue weighted by molar-refractivity contribution is 0.593. The highest BCUT2D eigenvalue weighted by atomic mass is 32.2. The third-order valence-electron chi connectivity index (χ3n) is 3.32. The van der Waals surface area contributed by atoms with E-state index in [0.717, 1.165) is 19.6 Å². The molecule has 18 heavy (non-hydrogen) atoms. The van der Waals surface area contributed by atoms with E-state index < -0.39 is 0 Å². The van der Waals surface area contributed by atoms with Gasteiger partial charge in [-0.25, -0.2) is 4.98 Å². The van der Waals surface area contributed by atoms with Gasteiger partial charge in [-0.2, -0.15) is 11.8 Å². The van der Waals surface area contributed by atoms with Gasteiger partial charge in [0.2, 0.25) is 0 Å². The molecule has 1 aromatic rings. The van der Waals surface area contributed by atoms with Crippen molar-refractivity contribution < 1.29 is 0 Å². The Labute approximate surface area is 114 Å². The second-order valence-corrected chi connectivity index (χ2v) is 5.87. The maximum atomic E-state index is 4.62. The van der Waals surface area contributed by atoms with Gasteiger partial charge in [0.05, 0.1) is 0 Å². The number of thioether (sulfide) groups is 1. The molecule has 1 aliphatic rings. The lowest BCUT2D eigenvalue weighted by Gasteiger charge is -2.26. The predicted molar refractivity (Wildman–Crippen MR) is 80.5 cm³/mol. The van der Waals surface area contributed by atoms with Crippen molar-refractivity contribution >= 4 is 17.6 Å². The highest BCUT2D eigenvalue weighted by Crippen LogP contribution is 2.25. The second-order valence-electron chi connectivity index (χ2n) is 4.65. The monoisotopic (exact) mass is 265 g/mol. The van der Waals surface area contributed by atoms with Gasteiger partial charge in [0.1, 0.15) is 5.82 Å². The zero-order valence-corrected chi connectivity index (χ0v) is 12.2. The van der Waals surface area contributed by atoms with Gasteiger partial charge in [-0.3, -0.25) is 0 Å². The number of nitrogens with zero attached hydrogens (tertiary/aromatic N) is 2. The summed E-state index contributed by atoms with van der Waals surface area (Å²) in [4.78, 5) is 7.07. The van der Waals surface area contributed by atoms with Gasteiger partial charge in [-0.05, 0) is 31.7 Å². The van der Waals surface area contributed by atoms with E-state index in [0.29, 0.717) is 6.04 Å². The Morgan fingerprint density at radius 3 is 3.17 bits per heavy atom. The third kappa shape index (κ3) is 3.39. The van der Waals surface area contributed by atoms with Crippen LogP contribution in [0, 0.1) is 0 Å². The molecule has 1 aliphatic heterocycles. The first kappa shape index (κ1) is 13.7. The van der Waals surface area contributed by atoms with Crippen LogP contribution in [0.15, 0.2) is 18.3 Å². The molecule has 0 saturated carbocycles. The van der Waals surface area contributed by atoms with Crippen LogP contribution in [0.3, 0.4) is 0 Å². The van der Waals surface area contributed by atoms with E-state index >= 15 is 0 Å². The van der Waals surface area contributed by atoms with E-state index in [1.807, 2.05) is 12.3 Å². The minimum Gasteiger partial charge on any atom is -0.355 e. The van der Waals surface area contributed by atoms with Crippen molar-refractivity contribution in [2.75, 3.05) is 36.0 Å². The summed E-state index contributed by atoms with van der Waals surface area (Å²) in [5.41, 5.74) is 1.33. The van der Waals surface area contributed by atoms with Gasteiger partial charge in [-0.1, -0.05) is 13.0 Å². The first-order chi connectivity index (χ1) is 8.83. The zero-order valence-electron chi connectivity index (χ0n) is 11.4. The molecule has 100 valence electrons. The van der Waals surface area contributed by atoms with E-state index in [1.54, 1.807) is 0 Å². The van der Waals surface area contributed by atoms with E-state index in [-0.39, 0.29) is 0 Å². The Morgan fingerprint density at radius 2 is 2.33 bits per heavy atom. The number of nitrogens with one attached hydrogen (secondary N) is 1. The molecule has 1 aromatic heterocycles. The highest BCUT2D eigenvalue weighted by molar-refractivity contribution is 7.99.